The van der Waals surface area contributed by atoms with Crippen molar-refractivity contribution in [3.63, 3.8) is 0 Å². The number of aromatic amines is 1. The van der Waals surface area contributed by atoms with Crippen LogP contribution in [0.2, 0.25) is 0 Å². The van der Waals surface area contributed by atoms with Crippen LogP contribution in [-0.4, -0.2) is 16.0 Å². The Kier molecular flexibility index (Phi) is 3.45. The van der Waals surface area contributed by atoms with E-state index >= 15 is 0 Å². The standard InChI is InChI=1S/C17H25N3/c1-12-18-15-7-6-14(11-16(15)19-12)20-13-5-4-9-17(2,3)10-8-13/h6-7,11,13,20H,4-5,8-10H2,1-3H3,(H,18,19). The van der Waals surface area contributed by atoms with Gasteiger partial charge in [-0.05, 0) is 56.2 Å². The maximum Gasteiger partial charge on any atom is 0.104 e. The molecular weight excluding hydrogens is 246 g/mol. The second-order valence-electron chi connectivity index (χ2n) is 6.99. The van der Waals surface area contributed by atoms with Gasteiger partial charge in [-0.1, -0.05) is 20.3 Å². The number of aryl methyl sites for hydroxylation is 1. The molecule has 0 saturated heterocycles. The largest absolute Gasteiger partial charge is 0.382 e. The van der Waals surface area contributed by atoms with E-state index in [-0.39, 0.29) is 0 Å². The predicted molar refractivity (Wildman–Crippen MR) is 85.1 cm³/mol. The van der Waals surface area contributed by atoms with Crippen LogP contribution in [0.5, 0.6) is 0 Å². The molecule has 3 heteroatoms. The number of imidazole rings is 1. The molecule has 2 aromatic rings. The lowest BCUT2D eigenvalue weighted by atomic mass is 9.85. The first-order chi connectivity index (χ1) is 9.52. The van der Waals surface area contributed by atoms with Gasteiger partial charge in [0.25, 0.3) is 0 Å². The minimum atomic E-state index is 0.515. The monoisotopic (exact) mass is 271 g/mol. The van der Waals surface area contributed by atoms with E-state index < -0.39 is 0 Å². The van der Waals surface area contributed by atoms with Crippen LogP contribution >= 0.6 is 0 Å². The maximum atomic E-state index is 4.45. The van der Waals surface area contributed by atoms with Crippen LogP contribution in [0, 0.1) is 12.3 Å². The molecule has 2 N–H and O–H groups in total. The molecule has 0 spiro atoms. The zero-order valence-corrected chi connectivity index (χ0v) is 12.8. The molecule has 1 atom stereocenters. The molecule has 1 unspecified atom stereocenters. The number of nitrogens with one attached hydrogen (secondary N) is 2. The molecule has 3 rings (SSSR count). The Balaban J connectivity index is 1.72. The number of fused-ring (bicyclic) bond motifs is 1. The van der Waals surface area contributed by atoms with Gasteiger partial charge in [0.1, 0.15) is 5.82 Å². The van der Waals surface area contributed by atoms with E-state index in [2.05, 4.69) is 47.3 Å². The summed E-state index contributed by atoms with van der Waals surface area (Å²) in [6, 6.07) is 7.05. The van der Waals surface area contributed by atoms with Crippen LogP contribution in [0.25, 0.3) is 11.0 Å². The topological polar surface area (TPSA) is 40.7 Å². The van der Waals surface area contributed by atoms with Gasteiger partial charge in [-0.15, -0.1) is 0 Å². The van der Waals surface area contributed by atoms with E-state index in [1.165, 1.54) is 37.8 Å². The number of anilines is 1. The summed E-state index contributed by atoms with van der Waals surface area (Å²) >= 11 is 0. The van der Waals surface area contributed by atoms with Crippen molar-refractivity contribution in [2.24, 2.45) is 5.41 Å². The van der Waals surface area contributed by atoms with Gasteiger partial charge in [0, 0.05) is 11.7 Å². The minimum absolute atomic E-state index is 0.515. The molecule has 108 valence electrons. The van der Waals surface area contributed by atoms with Crippen molar-refractivity contribution in [2.75, 3.05) is 5.32 Å². The Labute approximate surface area is 121 Å². The van der Waals surface area contributed by atoms with Crippen molar-refractivity contribution in [3.8, 4) is 0 Å². The lowest BCUT2D eigenvalue weighted by molar-refractivity contribution is 0.313. The Morgan fingerprint density at radius 2 is 2.10 bits per heavy atom. The quantitative estimate of drug-likeness (QED) is 0.781. The number of rotatable bonds is 2. The van der Waals surface area contributed by atoms with Crippen LogP contribution < -0.4 is 5.32 Å². The van der Waals surface area contributed by atoms with Crippen molar-refractivity contribution in [1.82, 2.24) is 9.97 Å². The molecule has 1 saturated carbocycles. The molecule has 1 aliphatic rings. The highest BCUT2D eigenvalue weighted by Crippen LogP contribution is 2.34. The summed E-state index contributed by atoms with van der Waals surface area (Å²) in [5.74, 6) is 0.980. The van der Waals surface area contributed by atoms with Crippen LogP contribution in [-0.2, 0) is 0 Å². The number of nitrogens with zero attached hydrogens (tertiary/aromatic N) is 1. The van der Waals surface area contributed by atoms with Crippen LogP contribution in [0.15, 0.2) is 18.2 Å². The molecule has 0 bridgehead atoms. The van der Waals surface area contributed by atoms with Crippen LogP contribution in [0.3, 0.4) is 0 Å². The number of H-pyrrole nitrogens is 1. The highest BCUT2D eigenvalue weighted by atomic mass is 14.9. The Hall–Kier alpha value is -1.51. The number of hydrogen-bond donors (Lipinski definition) is 2. The van der Waals surface area contributed by atoms with Gasteiger partial charge < -0.3 is 10.3 Å². The smallest absolute Gasteiger partial charge is 0.104 e. The molecule has 1 aromatic heterocycles. The lowest BCUT2D eigenvalue weighted by Gasteiger charge is -2.22. The van der Waals surface area contributed by atoms with E-state index in [1.54, 1.807) is 0 Å². The van der Waals surface area contributed by atoms with Gasteiger partial charge in [-0.25, -0.2) is 4.98 Å². The first-order valence-corrected chi connectivity index (χ1v) is 7.75. The van der Waals surface area contributed by atoms with Gasteiger partial charge in [0.2, 0.25) is 0 Å². The Morgan fingerprint density at radius 3 is 2.95 bits per heavy atom. The second-order valence-corrected chi connectivity index (χ2v) is 6.99. The minimum Gasteiger partial charge on any atom is -0.382 e. The summed E-state index contributed by atoms with van der Waals surface area (Å²) in [6.45, 7) is 6.80. The van der Waals surface area contributed by atoms with E-state index in [9.17, 15) is 0 Å². The fourth-order valence-electron chi connectivity index (χ4n) is 3.27. The Bertz CT molecular complexity index is 597. The summed E-state index contributed by atoms with van der Waals surface area (Å²) < 4.78 is 0. The lowest BCUT2D eigenvalue weighted by Crippen LogP contribution is -2.19. The average Bonchev–Trinajstić information content (AvgIpc) is 2.66. The zero-order valence-electron chi connectivity index (χ0n) is 12.8. The third kappa shape index (κ3) is 2.97. The molecule has 1 fully saturated rings. The van der Waals surface area contributed by atoms with Crippen molar-refractivity contribution >= 4 is 16.7 Å². The molecule has 0 aliphatic heterocycles. The normalized spacial score (nSPS) is 22.6. The molecule has 3 nitrogen and oxygen atoms in total. The van der Waals surface area contributed by atoms with E-state index in [0.29, 0.717) is 11.5 Å². The maximum absolute atomic E-state index is 4.45. The van der Waals surface area contributed by atoms with Crippen molar-refractivity contribution in [3.05, 3.63) is 24.0 Å². The van der Waals surface area contributed by atoms with Gasteiger partial charge in [-0.2, -0.15) is 0 Å². The number of benzene rings is 1. The SMILES string of the molecule is Cc1nc2ccc(NC3CCCC(C)(C)CC3)cc2[nH]1. The molecule has 0 radical (unpaired) electrons. The first kappa shape index (κ1) is 13.5. The van der Waals surface area contributed by atoms with Crippen LogP contribution in [0.4, 0.5) is 5.69 Å². The number of aromatic nitrogens is 2. The van der Waals surface area contributed by atoms with Crippen molar-refractivity contribution < 1.29 is 0 Å². The average molecular weight is 271 g/mol. The van der Waals surface area contributed by atoms with E-state index in [0.717, 1.165) is 16.9 Å². The summed E-state index contributed by atoms with van der Waals surface area (Å²) in [7, 11) is 0. The number of hydrogen-bond acceptors (Lipinski definition) is 2. The first-order valence-electron chi connectivity index (χ1n) is 7.75. The summed E-state index contributed by atoms with van der Waals surface area (Å²) in [6.07, 6.45) is 6.55. The summed E-state index contributed by atoms with van der Waals surface area (Å²) in [5, 5.41) is 3.71. The predicted octanol–water partition coefficient (Wildman–Crippen LogP) is 4.64. The van der Waals surface area contributed by atoms with E-state index in [4.69, 9.17) is 0 Å². The van der Waals surface area contributed by atoms with Crippen molar-refractivity contribution in [2.45, 2.75) is 58.9 Å². The van der Waals surface area contributed by atoms with Crippen molar-refractivity contribution in [1.29, 1.82) is 0 Å². The van der Waals surface area contributed by atoms with Gasteiger partial charge >= 0.3 is 0 Å². The molecule has 1 heterocycles. The van der Waals surface area contributed by atoms with E-state index in [1.807, 2.05) is 6.92 Å². The molecule has 1 aromatic carbocycles. The van der Waals surface area contributed by atoms with Crippen LogP contribution in [0.1, 0.15) is 51.8 Å². The fraction of sp³-hybridized carbons (Fsp3) is 0.588. The fourth-order valence-corrected chi connectivity index (χ4v) is 3.27. The zero-order chi connectivity index (χ0) is 14.2. The van der Waals surface area contributed by atoms with Gasteiger partial charge in [0.05, 0.1) is 11.0 Å². The Morgan fingerprint density at radius 1 is 1.25 bits per heavy atom. The molecule has 20 heavy (non-hydrogen) atoms. The third-order valence-electron chi connectivity index (χ3n) is 4.55. The van der Waals surface area contributed by atoms with Gasteiger partial charge in [0.15, 0.2) is 0 Å². The molecule has 1 aliphatic carbocycles. The van der Waals surface area contributed by atoms with Gasteiger partial charge in [-0.3, -0.25) is 0 Å². The molecule has 0 amide bonds. The molecular formula is C17H25N3. The third-order valence-corrected chi connectivity index (χ3v) is 4.55. The highest BCUT2D eigenvalue weighted by Gasteiger charge is 2.24. The second kappa shape index (κ2) is 5.12. The summed E-state index contributed by atoms with van der Waals surface area (Å²) in [5.41, 5.74) is 3.91. The summed E-state index contributed by atoms with van der Waals surface area (Å²) in [4.78, 5) is 7.76. The highest BCUT2D eigenvalue weighted by molar-refractivity contribution is 5.79.